The Morgan fingerprint density at radius 2 is 2.04 bits per heavy atom. The van der Waals surface area contributed by atoms with Gasteiger partial charge in [0.2, 0.25) is 0 Å². The van der Waals surface area contributed by atoms with Gasteiger partial charge in [0, 0.05) is 25.1 Å². The van der Waals surface area contributed by atoms with Gasteiger partial charge in [0.1, 0.15) is 0 Å². The van der Waals surface area contributed by atoms with E-state index in [1.54, 1.807) is 6.92 Å². The molecule has 0 bridgehead atoms. The zero-order valence-electron chi connectivity index (χ0n) is 15.1. The van der Waals surface area contributed by atoms with E-state index in [4.69, 9.17) is 9.84 Å². The number of aliphatic carboxylic acids is 1. The molecule has 3 amide bonds. The molecule has 0 saturated carbocycles. The Labute approximate surface area is 156 Å². The number of ether oxygens (including phenoxy) is 1. The Balaban J connectivity index is 1.67. The van der Waals surface area contributed by atoms with E-state index in [-0.39, 0.29) is 54.1 Å². The number of hydrogen-bond acceptors (Lipinski definition) is 5. The first-order valence-electron chi connectivity index (χ1n) is 8.98. The van der Waals surface area contributed by atoms with Crippen LogP contribution in [0.2, 0.25) is 0 Å². The van der Waals surface area contributed by atoms with Gasteiger partial charge in [0.15, 0.2) is 0 Å². The van der Waals surface area contributed by atoms with Crippen molar-refractivity contribution >= 4 is 23.7 Å². The quantitative estimate of drug-likeness (QED) is 0.696. The van der Waals surface area contributed by atoms with Gasteiger partial charge in [-0.25, -0.2) is 0 Å². The highest BCUT2D eigenvalue weighted by Gasteiger charge is 2.37. The minimum Gasteiger partial charge on any atom is -0.481 e. The fourth-order valence-corrected chi connectivity index (χ4v) is 3.33. The largest absolute Gasteiger partial charge is 0.481 e. The Kier molecular flexibility index (Phi) is 5.55. The zero-order chi connectivity index (χ0) is 19.6. The van der Waals surface area contributed by atoms with Gasteiger partial charge < -0.3 is 15.2 Å². The monoisotopic (exact) mass is 374 g/mol. The van der Waals surface area contributed by atoms with Gasteiger partial charge in [-0.2, -0.15) is 0 Å². The van der Waals surface area contributed by atoms with Gasteiger partial charge in [-0.1, -0.05) is 6.92 Å². The summed E-state index contributed by atoms with van der Waals surface area (Å²) in [5.74, 6) is -2.34. The lowest BCUT2D eigenvalue weighted by Gasteiger charge is -2.17. The summed E-state index contributed by atoms with van der Waals surface area (Å²) < 4.78 is 5.50. The van der Waals surface area contributed by atoms with E-state index in [2.05, 4.69) is 5.32 Å². The number of rotatable bonds is 7. The second-order valence-corrected chi connectivity index (χ2v) is 7.03. The highest BCUT2D eigenvalue weighted by molar-refractivity contribution is 6.22. The number of carbonyl (C=O) groups excluding carboxylic acids is 3. The lowest BCUT2D eigenvalue weighted by Crippen LogP contribution is -2.36. The number of fused-ring (bicyclic) bond motifs is 1. The number of hydrogen-bond donors (Lipinski definition) is 2. The van der Waals surface area contributed by atoms with Gasteiger partial charge >= 0.3 is 5.97 Å². The predicted molar refractivity (Wildman–Crippen MR) is 94.5 cm³/mol. The standard InChI is InChI=1S/C19H22N2O6/c1-11(7-16(22)23)9-20-17(24)12-4-5-14-15(8-12)19(26)21(18(14)25)10-13-3-2-6-27-13/h4-5,8,11,13H,2-3,6-7,9-10H2,1H3,(H,20,24)(H,22,23). The fraction of sp³-hybridized carbons (Fsp3) is 0.474. The summed E-state index contributed by atoms with van der Waals surface area (Å²) in [6.07, 6.45) is 1.55. The third kappa shape index (κ3) is 4.16. The van der Waals surface area contributed by atoms with E-state index in [1.807, 2.05) is 0 Å². The molecule has 144 valence electrons. The molecule has 27 heavy (non-hydrogen) atoms. The number of carboxylic acid groups (broad SMARTS) is 1. The average Bonchev–Trinajstić information content (AvgIpc) is 3.22. The molecule has 1 aromatic rings. The molecule has 0 radical (unpaired) electrons. The molecule has 0 aliphatic carbocycles. The van der Waals surface area contributed by atoms with Crippen molar-refractivity contribution in [2.24, 2.45) is 5.92 Å². The van der Waals surface area contributed by atoms with Crippen LogP contribution < -0.4 is 5.32 Å². The number of nitrogens with zero attached hydrogens (tertiary/aromatic N) is 1. The Bertz CT molecular complexity index is 784. The zero-order valence-corrected chi connectivity index (χ0v) is 15.1. The lowest BCUT2D eigenvalue weighted by atomic mass is 10.0. The normalized spacial score (nSPS) is 19.9. The van der Waals surface area contributed by atoms with Gasteiger partial charge in [-0.15, -0.1) is 0 Å². The van der Waals surface area contributed by atoms with E-state index in [9.17, 15) is 19.2 Å². The van der Waals surface area contributed by atoms with Crippen LogP contribution in [0, 0.1) is 5.92 Å². The van der Waals surface area contributed by atoms with Gasteiger partial charge in [-0.3, -0.25) is 24.1 Å². The lowest BCUT2D eigenvalue weighted by molar-refractivity contribution is -0.137. The van der Waals surface area contributed by atoms with E-state index in [0.29, 0.717) is 6.61 Å². The number of carboxylic acids is 1. The summed E-state index contributed by atoms with van der Waals surface area (Å²) in [5.41, 5.74) is 0.759. The molecule has 0 spiro atoms. The summed E-state index contributed by atoms with van der Waals surface area (Å²) >= 11 is 0. The molecule has 2 aliphatic heterocycles. The van der Waals surface area contributed by atoms with Crippen LogP contribution in [0.3, 0.4) is 0 Å². The Morgan fingerprint density at radius 3 is 2.70 bits per heavy atom. The third-order valence-corrected chi connectivity index (χ3v) is 4.78. The van der Waals surface area contributed by atoms with Crippen molar-refractivity contribution in [2.75, 3.05) is 19.7 Å². The van der Waals surface area contributed by atoms with Crippen molar-refractivity contribution in [1.29, 1.82) is 0 Å². The van der Waals surface area contributed by atoms with Crippen LogP contribution in [-0.4, -0.2) is 59.5 Å². The Hall–Kier alpha value is -2.74. The Morgan fingerprint density at radius 1 is 1.30 bits per heavy atom. The molecule has 2 unspecified atom stereocenters. The van der Waals surface area contributed by atoms with Crippen molar-refractivity contribution in [3.63, 3.8) is 0 Å². The molecule has 1 saturated heterocycles. The molecule has 3 rings (SSSR count). The molecular formula is C19H22N2O6. The molecule has 2 heterocycles. The van der Waals surface area contributed by atoms with E-state index < -0.39 is 17.8 Å². The van der Waals surface area contributed by atoms with Crippen LogP contribution in [0.4, 0.5) is 0 Å². The molecule has 2 atom stereocenters. The minimum atomic E-state index is -0.926. The second-order valence-electron chi connectivity index (χ2n) is 7.03. The molecule has 2 N–H and O–H groups in total. The van der Waals surface area contributed by atoms with E-state index >= 15 is 0 Å². The molecule has 2 aliphatic rings. The predicted octanol–water partition coefficient (Wildman–Crippen LogP) is 1.30. The molecule has 0 aromatic heterocycles. The second kappa shape index (κ2) is 7.87. The first kappa shape index (κ1) is 19.0. The van der Waals surface area contributed by atoms with Crippen LogP contribution in [-0.2, 0) is 9.53 Å². The highest BCUT2D eigenvalue weighted by atomic mass is 16.5. The number of nitrogens with one attached hydrogen (secondary N) is 1. The smallest absolute Gasteiger partial charge is 0.303 e. The van der Waals surface area contributed by atoms with Crippen molar-refractivity contribution in [2.45, 2.75) is 32.3 Å². The fourth-order valence-electron chi connectivity index (χ4n) is 3.33. The maximum atomic E-state index is 12.6. The van der Waals surface area contributed by atoms with E-state index in [0.717, 1.165) is 12.8 Å². The number of amides is 3. The molecule has 1 aromatic carbocycles. The third-order valence-electron chi connectivity index (χ3n) is 4.78. The topological polar surface area (TPSA) is 113 Å². The molecule has 1 fully saturated rings. The number of imide groups is 1. The van der Waals surface area contributed by atoms with Gasteiger partial charge in [0.05, 0.1) is 23.8 Å². The van der Waals surface area contributed by atoms with E-state index in [1.165, 1.54) is 23.1 Å². The molecule has 8 nitrogen and oxygen atoms in total. The van der Waals surface area contributed by atoms with Crippen molar-refractivity contribution in [1.82, 2.24) is 10.2 Å². The highest BCUT2D eigenvalue weighted by Crippen LogP contribution is 2.26. The maximum absolute atomic E-state index is 12.6. The van der Waals surface area contributed by atoms with Crippen molar-refractivity contribution in [3.05, 3.63) is 34.9 Å². The van der Waals surface area contributed by atoms with Crippen LogP contribution in [0.15, 0.2) is 18.2 Å². The van der Waals surface area contributed by atoms with Gasteiger partial charge in [0.25, 0.3) is 17.7 Å². The van der Waals surface area contributed by atoms with Gasteiger partial charge in [-0.05, 0) is 37.0 Å². The molecule has 8 heteroatoms. The summed E-state index contributed by atoms with van der Waals surface area (Å²) in [6.45, 7) is 2.79. The summed E-state index contributed by atoms with van der Waals surface area (Å²) in [5, 5.41) is 11.4. The average molecular weight is 374 g/mol. The summed E-state index contributed by atoms with van der Waals surface area (Å²) in [6, 6.07) is 4.40. The molecular weight excluding hydrogens is 352 g/mol. The van der Waals surface area contributed by atoms with Crippen LogP contribution in [0.1, 0.15) is 57.3 Å². The maximum Gasteiger partial charge on any atom is 0.303 e. The van der Waals surface area contributed by atoms with Crippen molar-refractivity contribution < 1.29 is 29.0 Å². The van der Waals surface area contributed by atoms with Crippen LogP contribution in [0.25, 0.3) is 0 Å². The minimum absolute atomic E-state index is 0.0460. The summed E-state index contributed by atoms with van der Waals surface area (Å²) in [4.78, 5) is 49.2. The summed E-state index contributed by atoms with van der Waals surface area (Å²) in [7, 11) is 0. The van der Waals surface area contributed by atoms with Crippen LogP contribution in [0.5, 0.6) is 0 Å². The van der Waals surface area contributed by atoms with Crippen LogP contribution >= 0.6 is 0 Å². The number of benzene rings is 1. The number of carbonyl (C=O) groups is 4. The SMILES string of the molecule is CC(CNC(=O)c1ccc2c(c1)C(=O)N(CC1CCCO1)C2=O)CC(=O)O. The first-order valence-corrected chi connectivity index (χ1v) is 8.98. The first-order chi connectivity index (χ1) is 12.9. The van der Waals surface area contributed by atoms with Crippen molar-refractivity contribution in [3.8, 4) is 0 Å².